The van der Waals surface area contributed by atoms with Crippen LogP contribution in [0.2, 0.25) is 0 Å². The van der Waals surface area contributed by atoms with E-state index in [1.165, 1.54) is 12.1 Å². The standard InChI is InChI=1S/C9H10N2O3/c10-8-5-7(14-6-1-2-6)3-4-9(8)11(12)13/h3-6H,1-2,10H2. The number of anilines is 1. The highest BCUT2D eigenvalue weighted by Crippen LogP contribution is 2.31. The Kier molecular flexibility index (Phi) is 1.99. The van der Waals surface area contributed by atoms with Crippen LogP contribution in [0.4, 0.5) is 11.4 Å². The molecule has 2 N–H and O–H groups in total. The smallest absolute Gasteiger partial charge is 0.292 e. The minimum atomic E-state index is -0.504. The van der Waals surface area contributed by atoms with Crippen molar-refractivity contribution in [3.63, 3.8) is 0 Å². The summed E-state index contributed by atoms with van der Waals surface area (Å²) in [6, 6.07) is 4.44. The SMILES string of the molecule is Nc1cc(OC2CC2)ccc1[N+](=O)[O-]. The van der Waals surface area contributed by atoms with E-state index in [0.29, 0.717) is 5.75 Å². The van der Waals surface area contributed by atoms with Gasteiger partial charge in [0.05, 0.1) is 11.0 Å². The third kappa shape index (κ3) is 1.76. The number of benzene rings is 1. The molecule has 0 unspecified atom stereocenters. The maximum absolute atomic E-state index is 10.5. The molecule has 0 atom stereocenters. The summed E-state index contributed by atoms with van der Waals surface area (Å²) in [6.45, 7) is 0. The van der Waals surface area contributed by atoms with E-state index in [0.717, 1.165) is 12.8 Å². The highest BCUT2D eigenvalue weighted by atomic mass is 16.6. The van der Waals surface area contributed by atoms with Crippen molar-refractivity contribution in [1.82, 2.24) is 0 Å². The molecule has 1 saturated carbocycles. The molecule has 0 heterocycles. The number of nitro groups is 1. The topological polar surface area (TPSA) is 78.4 Å². The van der Waals surface area contributed by atoms with Crippen molar-refractivity contribution in [2.45, 2.75) is 18.9 Å². The zero-order chi connectivity index (χ0) is 10.1. The third-order valence-electron chi connectivity index (χ3n) is 2.02. The van der Waals surface area contributed by atoms with Crippen molar-refractivity contribution in [3.8, 4) is 5.75 Å². The number of nitrogen functional groups attached to an aromatic ring is 1. The predicted molar refractivity (Wildman–Crippen MR) is 51.2 cm³/mol. The Morgan fingerprint density at radius 3 is 2.71 bits per heavy atom. The Labute approximate surface area is 80.6 Å². The minimum Gasteiger partial charge on any atom is -0.490 e. The van der Waals surface area contributed by atoms with E-state index < -0.39 is 4.92 Å². The molecule has 0 aromatic heterocycles. The van der Waals surface area contributed by atoms with Gasteiger partial charge in [-0.25, -0.2) is 0 Å². The van der Waals surface area contributed by atoms with Gasteiger partial charge < -0.3 is 10.5 Å². The molecule has 0 radical (unpaired) electrons. The zero-order valence-corrected chi connectivity index (χ0v) is 7.47. The van der Waals surface area contributed by atoms with Crippen LogP contribution in [-0.2, 0) is 0 Å². The van der Waals surface area contributed by atoms with Gasteiger partial charge in [0.2, 0.25) is 0 Å². The van der Waals surface area contributed by atoms with Gasteiger partial charge in [-0.3, -0.25) is 10.1 Å². The Bertz CT molecular complexity index is 374. The average Bonchev–Trinajstić information content (AvgIpc) is 2.87. The van der Waals surface area contributed by atoms with Crippen LogP contribution < -0.4 is 10.5 Å². The van der Waals surface area contributed by atoms with Gasteiger partial charge >= 0.3 is 0 Å². The molecular weight excluding hydrogens is 184 g/mol. The van der Waals surface area contributed by atoms with Gasteiger partial charge in [-0.05, 0) is 18.9 Å². The van der Waals surface area contributed by atoms with Crippen molar-refractivity contribution in [3.05, 3.63) is 28.3 Å². The largest absolute Gasteiger partial charge is 0.490 e. The summed E-state index contributed by atoms with van der Waals surface area (Å²) in [6.07, 6.45) is 2.38. The zero-order valence-electron chi connectivity index (χ0n) is 7.47. The molecule has 0 amide bonds. The molecule has 5 heteroatoms. The predicted octanol–water partition coefficient (Wildman–Crippen LogP) is 1.72. The molecule has 1 aromatic rings. The number of nitrogens with two attached hydrogens (primary N) is 1. The van der Waals surface area contributed by atoms with Crippen LogP contribution in [0.15, 0.2) is 18.2 Å². The normalized spacial score (nSPS) is 15.1. The van der Waals surface area contributed by atoms with Crippen LogP contribution in [0.3, 0.4) is 0 Å². The Morgan fingerprint density at radius 1 is 1.50 bits per heavy atom. The molecule has 1 aliphatic carbocycles. The fraction of sp³-hybridized carbons (Fsp3) is 0.333. The first-order valence-corrected chi connectivity index (χ1v) is 4.37. The number of rotatable bonds is 3. The van der Waals surface area contributed by atoms with Crippen molar-refractivity contribution >= 4 is 11.4 Å². The second-order valence-electron chi connectivity index (χ2n) is 3.29. The summed E-state index contributed by atoms with van der Waals surface area (Å²) in [5.74, 6) is 0.607. The molecule has 0 spiro atoms. The first-order chi connectivity index (χ1) is 6.66. The quantitative estimate of drug-likeness (QED) is 0.451. The third-order valence-corrected chi connectivity index (χ3v) is 2.02. The summed E-state index contributed by atoms with van der Waals surface area (Å²) >= 11 is 0. The molecule has 14 heavy (non-hydrogen) atoms. The lowest BCUT2D eigenvalue weighted by atomic mass is 10.2. The van der Waals surface area contributed by atoms with E-state index in [1.54, 1.807) is 6.07 Å². The van der Waals surface area contributed by atoms with Gasteiger partial charge in [0, 0.05) is 12.1 Å². The average molecular weight is 194 g/mol. The number of nitrogens with zero attached hydrogens (tertiary/aromatic N) is 1. The number of hydrogen-bond donors (Lipinski definition) is 1. The van der Waals surface area contributed by atoms with Crippen LogP contribution >= 0.6 is 0 Å². The van der Waals surface area contributed by atoms with Crippen LogP contribution in [0.25, 0.3) is 0 Å². The van der Waals surface area contributed by atoms with E-state index in [4.69, 9.17) is 10.5 Å². The lowest BCUT2D eigenvalue weighted by Gasteiger charge is -2.04. The van der Waals surface area contributed by atoms with Gasteiger partial charge in [-0.2, -0.15) is 0 Å². The summed E-state index contributed by atoms with van der Waals surface area (Å²) in [7, 11) is 0. The Hall–Kier alpha value is -1.78. The molecule has 74 valence electrons. The number of hydrogen-bond acceptors (Lipinski definition) is 4. The first-order valence-electron chi connectivity index (χ1n) is 4.37. The van der Waals surface area contributed by atoms with Crippen molar-refractivity contribution in [2.75, 3.05) is 5.73 Å². The number of nitro benzene ring substituents is 1. The van der Waals surface area contributed by atoms with Gasteiger partial charge in [0.15, 0.2) is 0 Å². The maximum atomic E-state index is 10.5. The molecule has 0 bridgehead atoms. The summed E-state index contributed by atoms with van der Waals surface area (Å²) in [4.78, 5) is 9.95. The highest BCUT2D eigenvalue weighted by Gasteiger charge is 2.24. The monoisotopic (exact) mass is 194 g/mol. The number of ether oxygens (including phenoxy) is 1. The summed E-state index contributed by atoms with van der Waals surface area (Å²) in [5.41, 5.74) is 5.57. The summed E-state index contributed by atoms with van der Waals surface area (Å²) in [5, 5.41) is 10.5. The van der Waals surface area contributed by atoms with Crippen molar-refractivity contribution < 1.29 is 9.66 Å². The molecule has 1 aromatic carbocycles. The maximum Gasteiger partial charge on any atom is 0.292 e. The van der Waals surface area contributed by atoms with Crippen molar-refractivity contribution in [1.29, 1.82) is 0 Å². The second kappa shape index (κ2) is 3.17. The van der Waals surface area contributed by atoms with E-state index in [-0.39, 0.29) is 17.5 Å². The molecule has 1 aliphatic rings. The minimum absolute atomic E-state index is 0.0758. The molecule has 5 nitrogen and oxygen atoms in total. The second-order valence-corrected chi connectivity index (χ2v) is 3.29. The fourth-order valence-electron chi connectivity index (χ4n) is 1.15. The Balaban J connectivity index is 2.20. The molecule has 1 fully saturated rings. The van der Waals surface area contributed by atoms with Crippen LogP contribution in [0.5, 0.6) is 5.75 Å². The Morgan fingerprint density at radius 2 is 2.21 bits per heavy atom. The lowest BCUT2D eigenvalue weighted by molar-refractivity contribution is -0.383. The van der Waals surface area contributed by atoms with E-state index >= 15 is 0 Å². The molecule has 2 rings (SSSR count). The van der Waals surface area contributed by atoms with Gasteiger partial charge in [-0.15, -0.1) is 0 Å². The van der Waals surface area contributed by atoms with Gasteiger partial charge in [-0.1, -0.05) is 0 Å². The van der Waals surface area contributed by atoms with Gasteiger partial charge in [0.1, 0.15) is 11.4 Å². The molecule has 0 aliphatic heterocycles. The van der Waals surface area contributed by atoms with Crippen LogP contribution in [-0.4, -0.2) is 11.0 Å². The van der Waals surface area contributed by atoms with Crippen molar-refractivity contribution in [2.24, 2.45) is 0 Å². The van der Waals surface area contributed by atoms with E-state index in [1.807, 2.05) is 0 Å². The van der Waals surface area contributed by atoms with Crippen LogP contribution in [0, 0.1) is 10.1 Å². The van der Waals surface area contributed by atoms with E-state index in [9.17, 15) is 10.1 Å². The highest BCUT2D eigenvalue weighted by molar-refractivity contribution is 5.60. The summed E-state index contributed by atoms with van der Waals surface area (Å²) < 4.78 is 5.44. The van der Waals surface area contributed by atoms with E-state index in [2.05, 4.69) is 0 Å². The molecule has 0 saturated heterocycles. The van der Waals surface area contributed by atoms with Gasteiger partial charge in [0.25, 0.3) is 5.69 Å². The first kappa shape index (κ1) is 8.80. The fourth-order valence-corrected chi connectivity index (χ4v) is 1.15. The van der Waals surface area contributed by atoms with Crippen LogP contribution in [0.1, 0.15) is 12.8 Å². The molecular formula is C9H10N2O3. The lowest BCUT2D eigenvalue weighted by Crippen LogP contribution is -1.99.